The predicted molar refractivity (Wildman–Crippen MR) is 101 cm³/mol. The molecular formula is C21H18F3N3O2. The summed E-state index contributed by atoms with van der Waals surface area (Å²) in [7, 11) is 0. The fraction of sp³-hybridized carbons (Fsp3) is 0.238. The van der Waals surface area contributed by atoms with Gasteiger partial charge >= 0.3 is 6.18 Å². The summed E-state index contributed by atoms with van der Waals surface area (Å²) in [6.07, 6.45) is -6.12. The van der Waals surface area contributed by atoms with Crippen LogP contribution < -0.4 is 5.32 Å². The molecule has 2 aromatic carbocycles. The van der Waals surface area contributed by atoms with Crippen LogP contribution in [0.2, 0.25) is 0 Å². The van der Waals surface area contributed by atoms with Crippen molar-refractivity contribution in [2.75, 3.05) is 5.32 Å². The molecule has 1 amide bonds. The fourth-order valence-corrected chi connectivity index (χ4v) is 3.68. The Morgan fingerprint density at radius 3 is 2.31 bits per heavy atom. The molecule has 3 N–H and O–H groups in total. The third-order valence-electron chi connectivity index (χ3n) is 5.30. The number of amides is 1. The Morgan fingerprint density at radius 1 is 1.07 bits per heavy atom. The van der Waals surface area contributed by atoms with Crippen LogP contribution in [-0.2, 0) is 10.4 Å². The third-order valence-corrected chi connectivity index (χ3v) is 5.30. The smallest absolute Gasteiger partial charge is 0.376 e. The van der Waals surface area contributed by atoms with E-state index in [1.807, 2.05) is 54.6 Å². The standard InChI is InChI=1S/C21H18F3N3O2/c1-12(13-7-9-15(10-8-13)14-5-3-2-4-6-14)18-17-19(27-26-18)25-16(28)11-20(17,29)21(22,23)24/h2-10,12,29H,11H2,1H3,(H2,25,26,27,28). The van der Waals surface area contributed by atoms with Crippen molar-refractivity contribution in [2.24, 2.45) is 0 Å². The normalized spacial score (nSPS) is 20.1. The van der Waals surface area contributed by atoms with Gasteiger partial charge in [-0.15, -0.1) is 0 Å². The van der Waals surface area contributed by atoms with E-state index >= 15 is 0 Å². The zero-order valence-corrected chi connectivity index (χ0v) is 15.4. The van der Waals surface area contributed by atoms with E-state index in [0.29, 0.717) is 0 Å². The number of H-pyrrole nitrogens is 1. The quantitative estimate of drug-likeness (QED) is 0.612. The molecule has 3 aromatic rings. The van der Waals surface area contributed by atoms with E-state index < -0.39 is 35.6 Å². The Labute approximate surface area is 164 Å². The highest BCUT2D eigenvalue weighted by Crippen LogP contribution is 2.49. The first kappa shape index (κ1) is 19.2. The zero-order chi connectivity index (χ0) is 20.8. The minimum Gasteiger partial charge on any atom is -0.376 e. The summed E-state index contributed by atoms with van der Waals surface area (Å²) < 4.78 is 41.0. The molecule has 5 nitrogen and oxygen atoms in total. The average Bonchev–Trinajstić information content (AvgIpc) is 3.12. The maximum absolute atomic E-state index is 13.7. The average molecular weight is 401 g/mol. The molecule has 1 aliphatic rings. The van der Waals surface area contributed by atoms with Gasteiger partial charge < -0.3 is 10.4 Å². The molecule has 4 rings (SSSR count). The summed E-state index contributed by atoms with van der Waals surface area (Å²) in [5.41, 5.74) is -0.841. The van der Waals surface area contributed by atoms with Crippen molar-refractivity contribution in [3.8, 4) is 11.1 Å². The summed E-state index contributed by atoms with van der Waals surface area (Å²) in [5.74, 6) is -1.74. The number of aliphatic hydroxyl groups is 1. The molecule has 0 radical (unpaired) electrons. The van der Waals surface area contributed by atoms with Gasteiger partial charge in [-0.3, -0.25) is 9.89 Å². The van der Waals surface area contributed by atoms with Crippen LogP contribution in [-0.4, -0.2) is 27.4 Å². The molecule has 0 saturated heterocycles. The summed E-state index contributed by atoms with van der Waals surface area (Å²) in [4.78, 5) is 11.7. The molecule has 150 valence electrons. The molecule has 1 aromatic heterocycles. The molecular weight excluding hydrogens is 383 g/mol. The molecule has 29 heavy (non-hydrogen) atoms. The van der Waals surface area contributed by atoms with Gasteiger partial charge in [-0.2, -0.15) is 18.3 Å². The Bertz CT molecular complexity index is 1050. The molecule has 2 unspecified atom stereocenters. The maximum atomic E-state index is 13.7. The van der Waals surface area contributed by atoms with E-state index in [0.717, 1.165) is 16.7 Å². The molecule has 2 heterocycles. The molecule has 8 heteroatoms. The first-order valence-electron chi connectivity index (χ1n) is 9.04. The number of aromatic amines is 1. The van der Waals surface area contributed by atoms with Crippen molar-refractivity contribution in [3.63, 3.8) is 0 Å². The number of rotatable bonds is 3. The summed E-state index contributed by atoms with van der Waals surface area (Å²) in [5, 5.41) is 19.1. The van der Waals surface area contributed by atoms with Crippen molar-refractivity contribution in [1.82, 2.24) is 10.2 Å². The number of nitrogens with one attached hydrogen (secondary N) is 2. The van der Waals surface area contributed by atoms with E-state index in [4.69, 9.17) is 0 Å². The van der Waals surface area contributed by atoms with E-state index in [2.05, 4.69) is 15.5 Å². The second kappa shape index (κ2) is 6.73. The highest BCUT2D eigenvalue weighted by Gasteiger charge is 2.60. The number of nitrogens with zero attached hydrogens (tertiary/aromatic N) is 1. The molecule has 2 atom stereocenters. The van der Waals surface area contributed by atoms with Crippen molar-refractivity contribution in [3.05, 3.63) is 71.4 Å². The molecule has 0 bridgehead atoms. The third kappa shape index (κ3) is 3.19. The van der Waals surface area contributed by atoms with Crippen molar-refractivity contribution < 1.29 is 23.1 Å². The highest BCUT2D eigenvalue weighted by atomic mass is 19.4. The first-order valence-corrected chi connectivity index (χ1v) is 9.04. The van der Waals surface area contributed by atoms with Crippen LogP contribution in [0.1, 0.15) is 36.1 Å². The van der Waals surface area contributed by atoms with Gasteiger partial charge in [0.2, 0.25) is 5.91 Å². The van der Waals surface area contributed by atoms with Gasteiger partial charge in [0.1, 0.15) is 0 Å². The van der Waals surface area contributed by atoms with Crippen LogP contribution in [0.5, 0.6) is 0 Å². The van der Waals surface area contributed by atoms with Crippen LogP contribution in [0, 0.1) is 0 Å². The highest BCUT2D eigenvalue weighted by molar-refractivity contribution is 5.94. The van der Waals surface area contributed by atoms with Crippen molar-refractivity contribution in [2.45, 2.75) is 31.0 Å². The molecule has 0 aliphatic carbocycles. The van der Waals surface area contributed by atoms with E-state index in [-0.39, 0.29) is 11.5 Å². The predicted octanol–water partition coefficient (Wildman–Crippen LogP) is 4.32. The Morgan fingerprint density at radius 2 is 1.69 bits per heavy atom. The lowest BCUT2D eigenvalue weighted by molar-refractivity contribution is -0.267. The van der Waals surface area contributed by atoms with Crippen molar-refractivity contribution >= 4 is 11.7 Å². The largest absolute Gasteiger partial charge is 0.422 e. The summed E-state index contributed by atoms with van der Waals surface area (Å²) in [6.45, 7) is 1.72. The second-order valence-electron chi connectivity index (χ2n) is 7.15. The molecule has 0 saturated carbocycles. The number of halogens is 3. The van der Waals surface area contributed by atoms with Crippen LogP contribution in [0.15, 0.2) is 54.6 Å². The number of carbonyl (C=O) groups excluding carboxylic acids is 1. The number of carbonyl (C=O) groups is 1. The minimum atomic E-state index is -5.02. The lowest BCUT2D eigenvalue weighted by Crippen LogP contribution is -2.48. The van der Waals surface area contributed by atoms with Gasteiger partial charge in [-0.25, -0.2) is 0 Å². The summed E-state index contributed by atoms with van der Waals surface area (Å²) >= 11 is 0. The topological polar surface area (TPSA) is 78.0 Å². The van der Waals surface area contributed by atoms with Gasteiger partial charge in [-0.1, -0.05) is 61.5 Å². The Hall–Kier alpha value is -3.13. The number of aromatic nitrogens is 2. The van der Waals surface area contributed by atoms with Gasteiger partial charge in [0.15, 0.2) is 11.4 Å². The van der Waals surface area contributed by atoms with E-state index in [1.165, 1.54) is 0 Å². The zero-order valence-electron chi connectivity index (χ0n) is 15.4. The lowest BCUT2D eigenvalue weighted by atomic mass is 9.82. The second-order valence-corrected chi connectivity index (χ2v) is 7.15. The minimum absolute atomic E-state index is 0.118. The SMILES string of the molecule is CC(c1ccc(-c2ccccc2)cc1)c1[nH]nc2c1C(O)(C(F)(F)F)CC(=O)N2. The number of hydrogen-bond acceptors (Lipinski definition) is 3. The van der Waals surface area contributed by atoms with E-state index in [9.17, 15) is 23.1 Å². The molecule has 0 fully saturated rings. The van der Waals surface area contributed by atoms with Crippen LogP contribution >= 0.6 is 0 Å². The number of benzene rings is 2. The van der Waals surface area contributed by atoms with Crippen LogP contribution in [0.3, 0.4) is 0 Å². The number of anilines is 1. The van der Waals surface area contributed by atoms with Gasteiger partial charge in [0.05, 0.1) is 17.7 Å². The fourth-order valence-electron chi connectivity index (χ4n) is 3.68. The first-order chi connectivity index (χ1) is 13.7. The lowest BCUT2D eigenvalue weighted by Gasteiger charge is -2.34. The summed E-state index contributed by atoms with van der Waals surface area (Å²) in [6, 6.07) is 17.1. The molecule has 0 spiro atoms. The van der Waals surface area contributed by atoms with Crippen LogP contribution in [0.25, 0.3) is 11.1 Å². The van der Waals surface area contributed by atoms with E-state index in [1.54, 1.807) is 6.92 Å². The van der Waals surface area contributed by atoms with Gasteiger partial charge in [0.25, 0.3) is 0 Å². The monoisotopic (exact) mass is 401 g/mol. The number of hydrogen-bond donors (Lipinski definition) is 3. The Balaban J connectivity index is 1.73. The number of alkyl halides is 3. The van der Waals surface area contributed by atoms with Crippen LogP contribution in [0.4, 0.5) is 19.0 Å². The van der Waals surface area contributed by atoms with Gasteiger partial charge in [-0.05, 0) is 16.7 Å². The maximum Gasteiger partial charge on any atom is 0.422 e. The number of fused-ring (bicyclic) bond motifs is 1. The molecule has 1 aliphatic heterocycles. The van der Waals surface area contributed by atoms with Gasteiger partial charge in [0, 0.05) is 5.92 Å². The Kier molecular flexibility index (Phi) is 4.46. The van der Waals surface area contributed by atoms with Crippen molar-refractivity contribution in [1.29, 1.82) is 0 Å².